The topological polar surface area (TPSA) is 117 Å². The van der Waals surface area contributed by atoms with Gasteiger partial charge in [-0.1, -0.05) is 174 Å². The van der Waals surface area contributed by atoms with Crippen LogP contribution in [0.15, 0.2) is 0 Å². The van der Waals surface area contributed by atoms with E-state index >= 15 is 0 Å². The summed E-state index contributed by atoms with van der Waals surface area (Å²) in [7, 11) is 0. The second kappa shape index (κ2) is 39.5. The minimum atomic E-state index is -0.599. The molecule has 0 aromatic heterocycles. The predicted octanol–water partition coefficient (Wildman–Crippen LogP) is 11.1. The Morgan fingerprint density at radius 2 is 0.922 bits per heavy atom. The van der Waals surface area contributed by atoms with Gasteiger partial charge >= 0.3 is 17.9 Å². The Labute approximate surface area is 315 Å². The molecule has 0 amide bonds. The summed E-state index contributed by atoms with van der Waals surface area (Å²) < 4.78 is 16.3. The number of hydrogen-bond donors (Lipinski definition) is 2. The molecule has 0 aliphatic heterocycles. The smallest absolute Gasteiger partial charge is 0.322 e. The Morgan fingerprint density at radius 1 is 0.510 bits per heavy atom. The molecule has 51 heavy (non-hydrogen) atoms. The number of hydrogen-bond acceptors (Lipinski definition) is 8. The number of esters is 3. The van der Waals surface area contributed by atoms with Gasteiger partial charge in [0, 0.05) is 19.4 Å². The summed E-state index contributed by atoms with van der Waals surface area (Å²) in [6.07, 6.45) is 35.3. The summed E-state index contributed by atoms with van der Waals surface area (Å²) in [5.41, 5.74) is 5.89. The summed E-state index contributed by atoms with van der Waals surface area (Å²) in [5, 5.41) is 3.33. The van der Waals surface area contributed by atoms with Crippen LogP contribution in [0.3, 0.4) is 0 Å². The minimum absolute atomic E-state index is 0.0718. The number of unbranched alkanes of at least 4 members (excludes halogenated alkanes) is 25. The number of carbonyl (C=O) groups excluding carboxylic acids is 3. The van der Waals surface area contributed by atoms with Gasteiger partial charge in [-0.15, -0.1) is 0 Å². The van der Waals surface area contributed by atoms with Gasteiger partial charge in [0.25, 0.3) is 0 Å². The summed E-state index contributed by atoms with van der Waals surface area (Å²) in [6, 6.07) is -0.599. The van der Waals surface area contributed by atoms with Crippen LogP contribution in [0.2, 0.25) is 0 Å². The third kappa shape index (κ3) is 36.5. The molecule has 0 aliphatic rings. The number of rotatable bonds is 40. The first-order valence-electron chi connectivity index (χ1n) is 21.9. The van der Waals surface area contributed by atoms with Gasteiger partial charge in [-0.05, 0) is 39.2 Å². The molecule has 0 rings (SSSR count). The van der Waals surface area contributed by atoms with Gasteiger partial charge in [0.2, 0.25) is 0 Å². The second-order valence-electron chi connectivity index (χ2n) is 14.8. The van der Waals surface area contributed by atoms with Crippen LogP contribution >= 0.6 is 0 Å². The molecule has 302 valence electrons. The van der Waals surface area contributed by atoms with E-state index in [1.165, 1.54) is 128 Å². The summed E-state index contributed by atoms with van der Waals surface area (Å²) in [5.74, 6) is -0.803. The van der Waals surface area contributed by atoms with Crippen molar-refractivity contribution >= 4 is 17.9 Å². The molecule has 0 aromatic carbocycles. The van der Waals surface area contributed by atoms with Crippen molar-refractivity contribution in [3.63, 3.8) is 0 Å². The molecule has 0 heterocycles. The van der Waals surface area contributed by atoms with E-state index in [4.69, 9.17) is 19.9 Å². The van der Waals surface area contributed by atoms with Crippen molar-refractivity contribution in [2.75, 3.05) is 26.3 Å². The van der Waals surface area contributed by atoms with E-state index in [2.05, 4.69) is 19.2 Å². The average molecular weight is 725 g/mol. The maximum Gasteiger partial charge on any atom is 0.322 e. The van der Waals surface area contributed by atoms with E-state index in [0.717, 1.165) is 51.4 Å². The van der Waals surface area contributed by atoms with Crippen LogP contribution in [-0.2, 0) is 28.6 Å². The van der Waals surface area contributed by atoms with Crippen molar-refractivity contribution in [1.29, 1.82) is 0 Å². The van der Waals surface area contributed by atoms with Crippen LogP contribution in [0.5, 0.6) is 0 Å². The molecule has 0 saturated heterocycles. The molecular formula is C43H84N2O6. The molecule has 0 bridgehead atoms. The van der Waals surface area contributed by atoms with E-state index in [1.54, 1.807) is 6.92 Å². The van der Waals surface area contributed by atoms with Crippen LogP contribution in [-0.4, -0.2) is 56.4 Å². The van der Waals surface area contributed by atoms with Gasteiger partial charge < -0.3 is 25.3 Å². The number of carbonyl (C=O) groups is 3. The van der Waals surface area contributed by atoms with Crippen molar-refractivity contribution in [2.45, 2.75) is 232 Å². The van der Waals surface area contributed by atoms with Gasteiger partial charge in [-0.2, -0.15) is 0 Å². The summed E-state index contributed by atoms with van der Waals surface area (Å²) >= 11 is 0. The monoisotopic (exact) mass is 725 g/mol. The quantitative estimate of drug-likeness (QED) is 0.0364. The Bertz CT molecular complexity index is 780. The lowest BCUT2D eigenvalue weighted by Crippen LogP contribution is -2.36. The lowest BCUT2D eigenvalue weighted by atomic mass is 10.0. The molecule has 2 unspecified atom stereocenters. The van der Waals surface area contributed by atoms with Crippen molar-refractivity contribution in [1.82, 2.24) is 5.32 Å². The van der Waals surface area contributed by atoms with E-state index < -0.39 is 12.1 Å². The van der Waals surface area contributed by atoms with Crippen LogP contribution in [0.25, 0.3) is 0 Å². The Morgan fingerprint density at radius 3 is 1.35 bits per heavy atom. The highest BCUT2D eigenvalue weighted by Crippen LogP contribution is 2.15. The first-order valence-corrected chi connectivity index (χ1v) is 21.9. The summed E-state index contributed by atoms with van der Waals surface area (Å²) in [6.45, 7) is 7.81. The van der Waals surface area contributed by atoms with Gasteiger partial charge in [0.1, 0.15) is 18.8 Å². The van der Waals surface area contributed by atoms with E-state index in [0.29, 0.717) is 39.0 Å². The fourth-order valence-corrected chi connectivity index (χ4v) is 6.46. The van der Waals surface area contributed by atoms with Crippen LogP contribution in [0.4, 0.5) is 0 Å². The number of ether oxygens (including phenoxy) is 3. The number of nitrogens with two attached hydrogens (primary N) is 1. The third-order valence-corrected chi connectivity index (χ3v) is 9.78. The lowest BCUT2D eigenvalue weighted by Gasteiger charge is -2.19. The molecule has 0 fully saturated rings. The first-order chi connectivity index (χ1) is 24.9. The van der Waals surface area contributed by atoms with Crippen LogP contribution < -0.4 is 11.1 Å². The number of nitrogens with one attached hydrogen (secondary N) is 1. The molecule has 8 nitrogen and oxygen atoms in total. The van der Waals surface area contributed by atoms with E-state index in [-0.39, 0.29) is 24.5 Å². The SMILES string of the molecule is CCCCCCCCCCCCCCCC(=O)OCC(CNCCCCC(N)C(=O)OCC)OC(=O)CCCCCCCCCCCCCCC. The molecule has 8 heteroatoms. The average Bonchev–Trinajstić information content (AvgIpc) is 3.12. The standard InChI is InChI=1S/C43H84N2O6/c1-4-7-9-11-13-15-17-19-21-23-25-27-29-34-41(46)50-38-39(37-45-36-32-31-33-40(44)43(48)49-6-3)51-42(47)35-30-28-26-24-22-20-18-16-14-12-10-8-5-2/h39-40,45H,4-38,44H2,1-3H3. The summed E-state index contributed by atoms with van der Waals surface area (Å²) in [4.78, 5) is 36.9. The Balaban J connectivity index is 4.25. The van der Waals surface area contributed by atoms with E-state index in [9.17, 15) is 14.4 Å². The highest BCUT2D eigenvalue weighted by molar-refractivity contribution is 5.75. The highest BCUT2D eigenvalue weighted by Gasteiger charge is 2.17. The largest absolute Gasteiger partial charge is 0.465 e. The Hall–Kier alpha value is -1.67. The molecule has 0 radical (unpaired) electrons. The molecule has 3 N–H and O–H groups in total. The van der Waals surface area contributed by atoms with E-state index in [1.807, 2.05) is 0 Å². The second-order valence-corrected chi connectivity index (χ2v) is 14.8. The fraction of sp³-hybridized carbons (Fsp3) is 0.930. The molecule has 2 atom stereocenters. The van der Waals surface area contributed by atoms with Crippen molar-refractivity contribution < 1.29 is 28.6 Å². The van der Waals surface area contributed by atoms with Crippen molar-refractivity contribution in [2.24, 2.45) is 5.73 Å². The van der Waals surface area contributed by atoms with Gasteiger partial charge in [-0.3, -0.25) is 14.4 Å². The zero-order valence-corrected chi connectivity index (χ0v) is 33.9. The van der Waals surface area contributed by atoms with Gasteiger partial charge in [-0.25, -0.2) is 0 Å². The minimum Gasteiger partial charge on any atom is -0.465 e. The normalized spacial score (nSPS) is 12.5. The molecule has 0 aliphatic carbocycles. The van der Waals surface area contributed by atoms with Crippen LogP contribution in [0.1, 0.15) is 220 Å². The third-order valence-electron chi connectivity index (χ3n) is 9.78. The zero-order valence-electron chi connectivity index (χ0n) is 33.9. The zero-order chi connectivity index (χ0) is 37.5. The maximum atomic E-state index is 12.7. The van der Waals surface area contributed by atoms with Crippen molar-refractivity contribution in [3.05, 3.63) is 0 Å². The predicted molar refractivity (Wildman–Crippen MR) is 213 cm³/mol. The molecular weight excluding hydrogens is 640 g/mol. The first kappa shape index (κ1) is 49.3. The molecule has 0 saturated carbocycles. The van der Waals surface area contributed by atoms with Crippen LogP contribution in [0, 0.1) is 0 Å². The fourth-order valence-electron chi connectivity index (χ4n) is 6.46. The molecule has 0 aromatic rings. The van der Waals surface area contributed by atoms with Gasteiger partial charge in [0.15, 0.2) is 0 Å². The van der Waals surface area contributed by atoms with Crippen molar-refractivity contribution in [3.8, 4) is 0 Å². The highest BCUT2D eigenvalue weighted by atomic mass is 16.6. The Kier molecular flexibility index (Phi) is 38.2. The maximum absolute atomic E-state index is 12.7. The lowest BCUT2D eigenvalue weighted by molar-refractivity contribution is -0.159. The molecule has 0 spiro atoms. The van der Waals surface area contributed by atoms with Gasteiger partial charge in [0.05, 0.1) is 6.61 Å².